The van der Waals surface area contributed by atoms with Gasteiger partial charge in [0.2, 0.25) is 0 Å². The van der Waals surface area contributed by atoms with Gasteiger partial charge in [0.05, 0.1) is 21.8 Å². The van der Waals surface area contributed by atoms with E-state index in [0.717, 1.165) is 0 Å². The number of anilines is 1. The molecule has 0 aliphatic rings. The minimum absolute atomic E-state index is 0.0293. The molecule has 3 aromatic rings. The number of para-hydroxylation sites is 1. The Labute approximate surface area is 160 Å². The zero-order chi connectivity index (χ0) is 19.2. The predicted octanol–water partition coefficient (Wildman–Crippen LogP) is 4.06. The maximum atomic E-state index is 13.6. The Kier molecular flexibility index (Phi) is 5.78. The number of halogens is 2. The van der Waals surface area contributed by atoms with Crippen LogP contribution in [0.4, 0.5) is 10.1 Å². The first-order valence-electron chi connectivity index (χ1n) is 8.07. The second-order valence-electron chi connectivity index (χ2n) is 5.67. The molecule has 2 N–H and O–H groups in total. The first-order valence-corrected chi connectivity index (χ1v) is 8.45. The van der Waals surface area contributed by atoms with Gasteiger partial charge in [0.25, 0.3) is 11.8 Å². The normalized spacial score (nSPS) is 10.3. The lowest BCUT2D eigenvalue weighted by Gasteiger charge is -2.09. The van der Waals surface area contributed by atoms with Crippen LogP contribution in [0.3, 0.4) is 0 Å². The standard InChI is InChI=1S/C20H15ClFN3O2/c21-16-6-2-4-8-18(16)25-20(27)15-9-14(10-23-11-15)19(26)24-12-13-5-1-3-7-17(13)22/h1-11H,12H2,(H,24,26)(H,25,27). The van der Waals surface area contributed by atoms with Crippen molar-refractivity contribution in [2.24, 2.45) is 0 Å². The zero-order valence-corrected chi connectivity index (χ0v) is 14.8. The maximum absolute atomic E-state index is 13.6. The van der Waals surface area contributed by atoms with Crippen LogP contribution >= 0.6 is 11.6 Å². The van der Waals surface area contributed by atoms with Crippen LogP contribution < -0.4 is 10.6 Å². The summed E-state index contributed by atoms with van der Waals surface area (Å²) in [7, 11) is 0. The van der Waals surface area contributed by atoms with E-state index in [1.807, 2.05) is 0 Å². The van der Waals surface area contributed by atoms with Crippen molar-refractivity contribution in [3.05, 3.63) is 94.5 Å². The van der Waals surface area contributed by atoms with Crippen molar-refractivity contribution < 1.29 is 14.0 Å². The van der Waals surface area contributed by atoms with Crippen LogP contribution in [0.2, 0.25) is 5.02 Å². The molecule has 0 radical (unpaired) electrons. The van der Waals surface area contributed by atoms with Crippen LogP contribution in [0.15, 0.2) is 67.0 Å². The number of rotatable bonds is 5. The highest BCUT2D eigenvalue weighted by atomic mass is 35.5. The SMILES string of the molecule is O=C(NCc1ccccc1F)c1cncc(C(=O)Nc2ccccc2Cl)c1. The number of aromatic nitrogens is 1. The second-order valence-corrected chi connectivity index (χ2v) is 6.08. The van der Waals surface area contributed by atoms with Crippen molar-refractivity contribution in [1.29, 1.82) is 0 Å². The summed E-state index contributed by atoms with van der Waals surface area (Å²) in [6.07, 6.45) is 2.68. The Morgan fingerprint density at radius 1 is 0.963 bits per heavy atom. The average Bonchev–Trinajstić information content (AvgIpc) is 2.69. The molecule has 136 valence electrons. The number of hydrogen-bond acceptors (Lipinski definition) is 3. The summed E-state index contributed by atoms with van der Waals surface area (Å²) in [5.74, 6) is -1.30. The third-order valence-corrected chi connectivity index (χ3v) is 4.11. The molecule has 0 aliphatic carbocycles. The summed E-state index contributed by atoms with van der Waals surface area (Å²) in [6.45, 7) is 0.0293. The van der Waals surface area contributed by atoms with Crippen LogP contribution in [-0.2, 0) is 6.54 Å². The fourth-order valence-corrected chi connectivity index (χ4v) is 2.55. The lowest BCUT2D eigenvalue weighted by molar-refractivity contribution is 0.0950. The number of hydrogen-bond donors (Lipinski definition) is 2. The number of carbonyl (C=O) groups is 2. The van der Waals surface area contributed by atoms with E-state index in [4.69, 9.17) is 11.6 Å². The largest absolute Gasteiger partial charge is 0.348 e. The molecule has 0 spiro atoms. The molecule has 0 saturated heterocycles. The number of nitrogens with one attached hydrogen (secondary N) is 2. The first kappa shape index (κ1) is 18.5. The van der Waals surface area contributed by atoms with Gasteiger partial charge >= 0.3 is 0 Å². The highest BCUT2D eigenvalue weighted by molar-refractivity contribution is 6.33. The van der Waals surface area contributed by atoms with Gasteiger partial charge in [-0.3, -0.25) is 14.6 Å². The molecule has 2 aromatic carbocycles. The molecule has 0 atom stereocenters. The molecular formula is C20H15ClFN3O2. The van der Waals surface area contributed by atoms with Gasteiger partial charge in [-0.1, -0.05) is 41.9 Å². The Bertz CT molecular complexity index is 994. The van der Waals surface area contributed by atoms with Crippen molar-refractivity contribution in [2.75, 3.05) is 5.32 Å². The van der Waals surface area contributed by atoms with E-state index in [1.54, 1.807) is 42.5 Å². The van der Waals surface area contributed by atoms with E-state index >= 15 is 0 Å². The highest BCUT2D eigenvalue weighted by Crippen LogP contribution is 2.21. The quantitative estimate of drug-likeness (QED) is 0.698. The number of carbonyl (C=O) groups excluding carboxylic acids is 2. The summed E-state index contributed by atoms with van der Waals surface area (Å²) in [5.41, 5.74) is 1.22. The Balaban J connectivity index is 1.69. The van der Waals surface area contributed by atoms with Crippen molar-refractivity contribution >= 4 is 29.1 Å². The number of amides is 2. The van der Waals surface area contributed by atoms with Crippen molar-refractivity contribution in [3.8, 4) is 0 Å². The van der Waals surface area contributed by atoms with E-state index in [0.29, 0.717) is 16.3 Å². The molecule has 27 heavy (non-hydrogen) atoms. The highest BCUT2D eigenvalue weighted by Gasteiger charge is 2.13. The van der Waals surface area contributed by atoms with Gasteiger partial charge in [-0.15, -0.1) is 0 Å². The summed E-state index contributed by atoms with van der Waals surface area (Å²) in [4.78, 5) is 28.6. The maximum Gasteiger partial charge on any atom is 0.257 e. The van der Waals surface area contributed by atoms with E-state index < -0.39 is 17.6 Å². The minimum Gasteiger partial charge on any atom is -0.348 e. The average molecular weight is 384 g/mol. The van der Waals surface area contributed by atoms with Crippen LogP contribution in [0.25, 0.3) is 0 Å². The molecule has 0 aliphatic heterocycles. The molecule has 1 heterocycles. The van der Waals surface area contributed by atoms with Gasteiger partial charge in [-0.05, 0) is 24.3 Å². The Morgan fingerprint density at radius 2 is 1.63 bits per heavy atom. The third kappa shape index (κ3) is 4.68. The zero-order valence-electron chi connectivity index (χ0n) is 14.1. The number of benzene rings is 2. The molecule has 0 bridgehead atoms. The molecule has 2 amide bonds. The smallest absolute Gasteiger partial charge is 0.257 e. The fourth-order valence-electron chi connectivity index (χ4n) is 2.36. The van der Waals surface area contributed by atoms with E-state index in [1.165, 1.54) is 24.5 Å². The van der Waals surface area contributed by atoms with Gasteiger partial charge in [0.1, 0.15) is 5.82 Å². The van der Waals surface area contributed by atoms with Gasteiger partial charge < -0.3 is 10.6 Å². The first-order chi connectivity index (χ1) is 13.0. The van der Waals surface area contributed by atoms with Gasteiger partial charge in [-0.2, -0.15) is 0 Å². The fraction of sp³-hybridized carbons (Fsp3) is 0.0500. The summed E-state index contributed by atoms with van der Waals surface area (Å²) in [5, 5.41) is 5.68. The summed E-state index contributed by atoms with van der Waals surface area (Å²) < 4.78 is 13.6. The summed E-state index contributed by atoms with van der Waals surface area (Å²) >= 11 is 6.02. The molecule has 1 aromatic heterocycles. The van der Waals surface area contributed by atoms with E-state index in [9.17, 15) is 14.0 Å². The third-order valence-electron chi connectivity index (χ3n) is 3.78. The van der Waals surface area contributed by atoms with E-state index in [-0.39, 0.29) is 17.7 Å². The molecule has 3 rings (SSSR count). The molecule has 0 fully saturated rings. The molecule has 5 nitrogen and oxygen atoms in total. The topological polar surface area (TPSA) is 71.1 Å². The van der Waals surface area contributed by atoms with Gasteiger partial charge in [-0.25, -0.2) is 4.39 Å². The van der Waals surface area contributed by atoms with Crippen molar-refractivity contribution in [1.82, 2.24) is 10.3 Å². The molecule has 0 unspecified atom stereocenters. The lowest BCUT2D eigenvalue weighted by Crippen LogP contribution is -2.24. The van der Waals surface area contributed by atoms with Crippen LogP contribution in [0.1, 0.15) is 26.3 Å². The minimum atomic E-state index is -0.460. The van der Waals surface area contributed by atoms with Crippen molar-refractivity contribution in [2.45, 2.75) is 6.54 Å². The number of pyridine rings is 1. The number of nitrogens with zero attached hydrogens (tertiary/aromatic N) is 1. The van der Waals surface area contributed by atoms with Gasteiger partial charge in [0, 0.05) is 24.5 Å². The van der Waals surface area contributed by atoms with Gasteiger partial charge in [0.15, 0.2) is 0 Å². The van der Waals surface area contributed by atoms with Crippen LogP contribution in [-0.4, -0.2) is 16.8 Å². The van der Waals surface area contributed by atoms with Crippen LogP contribution in [0, 0.1) is 5.82 Å². The van der Waals surface area contributed by atoms with E-state index in [2.05, 4.69) is 15.6 Å². The second kappa shape index (κ2) is 8.42. The lowest BCUT2D eigenvalue weighted by atomic mass is 10.1. The van der Waals surface area contributed by atoms with Crippen molar-refractivity contribution in [3.63, 3.8) is 0 Å². The monoisotopic (exact) mass is 383 g/mol. The van der Waals surface area contributed by atoms with Crippen LogP contribution in [0.5, 0.6) is 0 Å². The molecule has 7 heteroatoms. The molecule has 0 saturated carbocycles. The molecular weight excluding hydrogens is 369 g/mol. The summed E-state index contributed by atoms with van der Waals surface area (Å²) in [6, 6.07) is 14.4. The predicted molar refractivity (Wildman–Crippen MR) is 101 cm³/mol. The Hall–Kier alpha value is -3.25. The Morgan fingerprint density at radius 3 is 2.37 bits per heavy atom.